The van der Waals surface area contributed by atoms with E-state index in [1.807, 2.05) is 0 Å². The number of aromatic nitrogens is 1. The number of benzene rings is 2. The second-order valence-electron chi connectivity index (χ2n) is 4.80. The third-order valence-corrected chi connectivity index (χ3v) is 3.69. The van der Waals surface area contributed by atoms with Gasteiger partial charge < -0.3 is 15.6 Å². The molecule has 1 aromatic heterocycles. The first kappa shape index (κ1) is 15.1. The molecule has 3 rings (SSSR count). The van der Waals surface area contributed by atoms with Crippen LogP contribution in [0.1, 0.15) is 0 Å². The molecular formula is C16H11ClFN3O2. The van der Waals surface area contributed by atoms with Gasteiger partial charge in [0.1, 0.15) is 0 Å². The van der Waals surface area contributed by atoms with Crippen molar-refractivity contribution in [3.8, 4) is 11.1 Å². The molecule has 0 unspecified atom stereocenters. The summed E-state index contributed by atoms with van der Waals surface area (Å²) < 4.78 is 17.7. The highest BCUT2D eigenvalue weighted by molar-refractivity contribution is 6.39. The fourth-order valence-corrected chi connectivity index (χ4v) is 2.53. The van der Waals surface area contributed by atoms with Crippen LogP contribution in [0.4, 0.5) is 15.9 Å². The molecule has 0 atom stereocenters. The molecule has 3 aromatic rings. The Hall–Kier alpha value is -2.86. The van der Waals surface area contributed by atoms with Crippen molar-refractivity contribution in [2.24, 2.45) is 0 Å². The SMILES string of the molecule is C=C(F)C(=O)Nc1ccc(-c2ccc3onc(N)c3c2Cl)cc1. The van der Waals surface area contributed by atoms with E-state index in [0.29, 0.717) is 21.7 Å². The van der Waals surface area contributed by atoms with Crippen LogP contribution in [0.5, 0.6) is 0 Å². The van der Waals surface area contributed by atoms with Crippen molar-refractivity contribution in [3.05, 3.63) is 53.8 Å². The van der Waals surface area contributed by atoms with Crippen LogP contribution in [0.2, 0.25) is 5.02 Å². The zero-order valence-corrected chi connectivity index (χ0v) is 12.5. The highest BCUT2D eigenvalue weighted by Gasteiger charge is 2.14. The minimum absolute atomic E-state index is 0.220. The number of rotatable bonds is 3. The molecule has 1 amide bonds. The van der Waals surface area contributed by atoms with Crippen molar-refractivity contribution < 1.29 is 13.7 Å². The van der Waals surface area contributed by atoms with Gasteiger partial charge in [-0.3, -0.25) is 4.79 Å². The van der Waals surface area contributed by atoms with E-state index in [1.54, 1.807) is 36.4 Å². The third-order valence-electron chi connectivity index (χ3n) is 3.30. The number of nitrogens with one attached hydrogen (secondary N) is 1. The number of hydrogen-bond donors (Lipinski definition) is 2. The molecule has 0 fully saturated rings. The molecule has 3 N–H and O–H groups in total. The van der Waals surface area contributed by atoms with E-state index in [4.69, 9.17) is 21.9 Å². The van der Waals surface area contributed by atoms with E-state index in [9.17, 15) is 9.18 Å². The molecule has 0 spiro atoms. The van der Waals surface area contributed by atoms with Gasteiger partial charge in [-0.1, -0.05) is 35.5 Å². The summed E-state index contributed by atoms with van der Waals surface area (Å²) in [5, 5.41) is 7.04. The summed E-state index contributed by atoms with van der Waals surface area (Å²) in [6, 6.07) is 10.3. The molecule has 0 saturated carbocycles. The first-order valence-corrected chi connectivity index (χ1v) is 6.94. The first-order valence-electron chi connectivity index (χ1n) is 6.57. The zero-order chi connectivity index (χ0) is 16.6. The molecule has 0 aliphatic heterocycles. The van der Waals surface area contributed by atoms with E-state index in [0.717, 1.165) is 11.1 Å². The lowest BCUT2D eigenvalue weighted by atomic mass is 10.0. The minimum atomic E-state index is -1.05. The normalized spacial score (nSPS) is 10.7. The van der Waals surface area contributed by atoms with Crippen molar-refractivity contribution in [1.29, 1.82) is 0 Å². The number of halogens is 2. The average Bonchev–Trinajstić information content (AvgIpc) is 2.91. The average molecular weight is 332 g/mol. The first-order chi connectivity index (χ1) is 11.0. The van der Waals surface area contributed by atoms with Crippen molar-refractivity contribution >= 4 is 40.0 Å². The monoisotopic (exact) mass is 331 g/mol. The Bertz CT molecular complexity index is 919. The highest BCUT2D eigenvalue weighted by atomic mass is 35.5. The van der Waals surface area contributed by atoms with Crippen molar-refractivity contribution in [3.63, 3.8) is 0 Å². The van der Waals surface area contributed by atoms with Crippen molar-refractivity contribution in [1.82, 2.24) is 5.16 Å². The topological polar surface area (TPSA) is 81.2 Å². The van der Waals surface area contributed by atoms with Crippen LogP contribution in [0.25, 0.3) is 22.1 Å². The predicted octanol–water partition coefficient (Wildman–Crippen LogP) is 4.15. The molecule has 0 bridgehead atoms. The lowest BCUT2D eigenvalue weighted by Crippen LogP contribution is -2.10. The fourth-order valence-electron chi connectivity index (χ4n) is 2.17. The maximum Gasteiger partial charge on any atom is 0.283 e. The number of carbonyl (C=O) groups is 1. The minimum Gasteiger partial charge on any atom is -0.380 e. The summed E-state index contributed by atoms with van der Waals surface area (Å²) >= 11 is 6.38. The van der Waals surface area contributed by atoms with Gasteiger partial charge in [0, 0.05) is 11.3 Å². The lowest BCUT2D eigenvalue weighted by molar-refractivity contribution is -0.114. The van der Waals surface area contributed by atoms with Gasteiger partial charge in [0.2, 0.25) is 0 Å². The van der Waals surface area contributed by atoms with Crippen molar-refractivity contribution in [2.45, 2.75) is 0 Å². The molecular weight excluding hydrogens is 321 g/mol. The van der Waals surface area contributed by atoms with Crippen LogP contribution in [-0.4, -0.2) is 11.1 Å². The summed E-state index contributed by atoms with van der Waals surface area (Å²) in [4.78, 5) is 11.2. The summed E-state index contributed by atoms with van der Waals surface area (Å²) in [5.41, 5.74) is 8.23. The van der Waals surface area contributed by atoms with E-state index in [-0.39, 0.29) is 5.82 Å². The molecule has 0 radical (unpaired) electrons. The van der Waals surface area contributed by atoms with Crippen molar-refractivity contribution in [2.75, 3.05) is 11.1 Å². The van der Waals surface area contributed by atoms with Gasteiger partial charge in [0.25, 0.3) is 5.91 Å². The largest absolute Gasteiger partial charge is 0.380 e. The number of nitrogens with two attached hydrogens (primary N) is 1. The number of nitrogen functional groups attached to an aromatic ring is 1. The van der Waals surface area contributed by atoms with Gasteiger partial charge in [-0.15, -0.1) is 0 Å². The summed E-state index contributed by atoms with van der Waals surface area (Å²) in [5.74, 6) is -1.71. The Labute approximate surface area is 135 Å². The standard InChI is InChI=1S/C16H11ClFN3O2/c1-8(18)16(22)20-10-4-2-9(3-5-10)11-6-7-12-13(14(11)17)15(19)21-23-12/h2-7H,1H2,(H2,19,21)(H,20,22). The number of hydrogen-bond acceptors (Lipinski definition) is 4. The van der Waals surface area contributed by atoms with Crippen LogP contribution in [-0.2, 0) is 4.79 Å². The van der Waals surface area contributed by atoms with Crippen LogP contribution in [0.3, 0.4) is 0 Å². The van der Waals surface area contributed by atoms with E-state index in [1.165, 1.54) is 0 Å². The lowest BCUT2D eigenvalue weighted by Gasteiger charge is -2.07. The molecule has 116 valence electrons. The molecule has 2 aromatic carbocycles. The van der Waals surface area contributed by atoms with Crippen LogP contribution < -0.4 is 11.1 Å². The fraction of sp³-hybridized carbons (Fsp3) is 0. The molecule has 0 aliphatic carbocycles. The predicted molar refractivity (Wildman–Crippen MR) is 87.7 cm³/mol. The Morgan fingerprint density at radius 2 is 1.96 bits per heavy atom. The second-order valence-corrected chi connectivity index (χ2v) is 5.18. The van der Waals surface area contributed by atoms with Crippen LogP contribution in [0, 0.1) is 0 Å². The molecule has 23 heavy (non-hydrogen) atoms. The molecule has 5 nitrogen and oxygen atoms in total. The Morgan fingerprint density at radius 1 is 1.26 bits per heavy atom. The zero-order valence-electron chi connectivity index (χ0n) is 11.8. The van der Waals surface area contributed by atoms with Crippen LogP contribution in [0.15, 0.2) is 53.3 Å². The Balaban J connectivity index is 1.96. The number of amides is 1. The smallest absolute Gasteiger partial charge is 0.283 e. The number of anilines is 2. The van der Waals surface area contributed by atoms with E-state index >= 15 is 0 Å². The Morgan fingerprint density at radius 3 is 2.61 bits per heavy atom. The van der Waals surface area contributed by atoms with Gasteiger partial charge >= 0.3 is 0 Å². The van der Waals surface area contributed by atoms with Gasteiger partial charge in [-0.2, -0.15) is 0 Å². The van der Waals surface area contributed by atoms with Gasteiger partial charge in [-0.05, 0) is 29.8 Å². The highest BCUT2D eigenvalue weighted by Crippen LogP contribution is 2.37. The number of carbonyl (C=O) groups excluding carboxylic acids is 1. The molecule has 7 heteroatoms. The Kier molecular flexibility index (Phi) is 3.75. The molecule has 1 heterocycles. The third kappa shape index (κ3) is 2.76. The summed E-state index contributed by atoms with van der Waals surface area (Å²) in [6.07, 6.45) is 0. The number of nitrogens with zero attached hydrogens (tertiary/aromatic N) is 1. The maximum atomic E-state index is 12.7. The van der Waals surface area contributed by atoms with E-state index < -0.39 is 11.7 Å². The quantitative estimate of drug-likeness (QED) is 0.706. The summed E-state index contributed by atoms with van der Waals surface area (Å²) in [7, 11) is 0. The summed E-state index contributed by atoms with van der Waals surface area (Å²) in [6.45, 7) is 2.94. The second kappa shape index (κ2) is 5.73. The van der Waals surface area contributed by atoms with Gasteiger partial charge in [-0.25, -0.2) is 4.39 Å². The van der Waals surface area contributed by atoms with Crippen LogP contribution >= 0.6 is 11.6 Å². The molecule has 0 saturated heterocycles. The van der Waals surface area contributed by atoms with E-state index in [2.05, 4.69) is 17.1 Å². The maximum absolute atomic E-state index is 12.7. The van der Waals surface area contributed by atoms with Gasteiger partial charge in [0.05, 0.1) is 10.4 Å². The number of fused-ring (bicyclic) bond motifs is 1. The van der Waals surface area contributed by atoms with Gasteiger partial charge in [0.15, 0.2) is 17.2 Å². The molecule has 0 aliphatic rings.